The number of aromatic amines is 1. The Morgan fingerprint density at radius 1 is 1.50 bits per heavy atom. The van der Waals surface area contributed by atoms with Crippen molar-refractivity contribution in [3.63, 3.8) is 0 Å². The second-order valence-electron chi connectivity index (χ2n) is 4.33. The summed E-state index contributed by atoms with van der Waals surface area (Å²) in [4.78, 5) is 14.1. The first-order chi connectivity index (χ1) is 7.54. The minimum absolute atomic E-state index is 0.330. The van der Waals surface area contributed by atoms with Crippen LogP contribution in [0.4, 0.5) is 0 Å². The zero-order chi connectivity index (χ0) is 12.1. The molecule has 1 heterocycles. The first kappa shape index (κ1) is 12.8. The second-order valence-corrected chi connectivity index (χ2v) is 4.33. The van der Waals surface area contributed by atoms with Crippen LogP contribution < -0.4 is 5.32 Å². The van der Waals surface area contributed by atoms with Crippen molar-refractivity contribution >= 4 is 5.97 Å². The molecule has 90 valence electrons. The summed E-state index contributed by atoms with van der Waals surface area (Å²) in [6.07, 6.45) is 1.83. The van der Waals surface area contributed by atoms with Crippen LogP contribution in [0.2, 0.25) is 0 Å². The summed E-state index contributed by atoms with van der Waals surface area (Å²) in [6, 6.07) is 2.27. The molecule has 1 atom stereocenters. The summed E-state index contributed by atoms with van der Waals surface area (Å²) < 4.78 is 4.62. The highest BCUT2D eigenvalue weighted by Crippen LogP contribution is 2.06. The molecule has 0 aliphatic carbocycles. The summed E-state index contributed by atoms with van der Waals surface area (Å²) in [5, 5.41) is 3.40. The number of esters is 1. The van der Waals surface area contributed by atoms with Gasteiger partial charge in [-0.2, -0.15) is 0 Å². The highest BCUT2D eigenvalue weighted by atomic mass is 16.5. The maximum Gasteiger partial charge on any atom is 0.354 e. The van der Waals surface area contributed by atoms with Crippen LogP contribution in [0.3, 0.4) is 0 Å². The molecule has 1 aromatic rings. The molecule has 4 nitrogen and oxygen atoms in total. The van der Waals surface area contributed by atoms with Crippen molar-refractivity contribution in [1.29, 1.82) is 0 Å². The highest BCUT2D eigenvalue weighted by molar-refractivity contribution is 5.87. The zero-order valence-electron chi connectivity index (χ0n) is 10.3. The normalized spacial score (nSPS) is 12.8. The molecule has 0 saturated heterocycles. The van der Waals surface area contributed by atoms with Gasteiger partial charge in [-0.25, -0.2) is 4.79 Å². The van der Waals surface area contributed by atoms with Gasteiger partial charge in [0.05, 0.1) is 7.11 Å². The molecule has 0 aliphatic rings. The first-order valence-corrected chi connectivity index (χ1v) is 5.53. The van der Waals surface area contributed by atoms with Gasteiger partial charge >= 0.3 is 5.97 Å². The smallest absolute Gasteiger partial charge is 0.354 e. The number of methoxy groups -OCH3 is 1. The number of ether oxygens (including phenoxy) is 1. The number of rotatable bonds is 5. The van der Waals surface area contributed by atoms with Crippen molar-refractivity contribution in [3.05, 3.63) is 23.5 Å². The fourth-order valence-corrected chi connectivity index (χ4v) is 1.28. The monoisotopic (exact) mass is 224 g/mol. The Kier molecular flexibility index (Phi) is 4.55. The van der Waals surface area contributed by atoms with Crippen LogP contribution in [0.5, 0.6) is 0 Å². The van der Waals surface area contributed by atoms with E-state index in [-0.39, 0.29) is 5.97 Å². The van der Waals surface area contributed by atoms with Gasteiger partial charge in [0.25, 0.3) is 0 Å². The van der Waals surface area contributed by atoms with Crippen LogP contribution in [0, 0.1) is 5.92 Å². The van der Waals surface area contributed by atoms with Crippen LogP contribution in [0.1, 0.15) is 36.8 Å². The third kappa shape index (κ3) is 3.38. The predicted molar refractivity (Wildman–Crippen MR) is 63.3 cm³/mol. The lowest BCUT2D eigenvalue weighted by Gasteiger charge is -2.16. The Labute approximate surface area is 96.4 Å². The number of H-pyrrole nitrogens is 1. The third-order valence-corrected chi connectivity index (χ3v) is 2.78. The van der Waals surface area contributed by atoms with Gasteiger partial charge in [0, 0.05) is 18.8 Å². The lowest BCUT2D eigenvalue weighted by atomic mass is 10.1. The van der Waals surface area contributed by atoms with E-state index in [1.165, 1.54) is 7.11 Å². The van der Waals surface area contributed by atoms with Crippen LogP contribution >= 0.6 is 0 Å². The molecular formula is C12H20N2O2. The quantitative estimate of drug-likeness (QED) is 0.751. The molecular weight excluding hydrogens is 204 g/mol. The minimum Gasteiger partial charge on any atom is -0.464 e. The number of aromatic nitrogens is 1. The summed E-state index contributed by atoms with van der Waals surface area (Å²) in [6.45, 7) is 7.26. The van der Waals surface area contributed by atoms with Crippen molar-refractivity contribution in [2.45, 2.75) is 33.4 Å². The second kappa shape index (κ2) is 5.70. The highest BCUT2D eigenvalue weighted by Gasteiger charge is 2.10. The Morgan fingerprint density at radius 2 is 2.19 bits per heavy atom. The average Bonchev–Trinajstić information content (AvgIpc) is 2.73. The molecule has 0 aliphatic heterocycles. The van der Waals surface area contributed by atoms with Gasteiger partial charge in [-0.15, -0.1) is 0 Å². The molecule has 0 amide bonds. The molecule has 0 spiro atoms. The van der Waals surface area contributed by atoms with Crippen molar-refractivity contribution < 1.29 is 9.53 Å². The van der Waals surface area contributed by atoms with Gasteiger partial charge in [0.1, 0.15) is 5.69 Å². The van der Waals surface area contributed by atoms with Gasteiger partial charge in [-0.3, -0.25) is 0 Å². The van der Waals surface area contributed by atoms with Gasteiger partial charge in [-0.1, -0.05) is 13.8 Å². The van der Waals surface area contributed by atoms with Crippen LogP contribution in [-0.2, 0) is 11.3 Å². The number of hydrogen-bond acceptors (Lipinski definition) is 3. The van der Waals surface area contributed by atoms with Crippen molar-refractivity contribution in [3.8, 4) is 0 Å². The Balaban J connectivity index is 2.49. The van der Waals surface area contributed by atoms with E-state index in [0.29, 0.717) is 17.7 Å². The molecule has 4 heteroatoms. The molecule has 1 aromatic heterocycles. The molecule has 1 unspecified atom stereocenters. The molecule has 0 bridgehead atoms. The average molecular weight is 224 g/mol. The van der Waals surface area contributed by atoms with E-state index in [1.54, 1.807) is 0 Å². The maximum absolute atomic E-state index is 11.2. The zero-order valence-corrected chi connectivity index (χ0v) is 10.3. The van der Waals surface area contributed by atoms with E-state index in [0.717, 1.165) is 12.1 Å². The van der Waals surface area contributed by atoms with Crippen molar-refractivity contribution in [1.82, 2.24) is 10.3 Å². The summed E-state index contributed by atoms with van der Waals surface area (Å²) >= 11 is 0. The van der Waals surface area contributed by atoms with Gasteiger partial charge in [0.15, 0.2) is 0 Å². The lowest BCUT2D eigenvalue weighted by Crippen LogP contribution is -2.29. The number of nitrogens with one attached hydrogen (secondary N) is 2. The minimum atomic E-state index is -0.330. The summed E-state index contributed by atoms with van der Waals surface area (Å²) in [5.41, 5.74) is 1.56. The largest absolute Gasteiger partial charge is 0.464 e. The number of carbonyl (C=O) groups excluding carboxylic acids is 1. The molecule has 2 N–H and O–H groups in total. The molecule has 1 rings (SSSR count). The number of hydrogen-bond donors (Lipinski definition) is 2. The van der Waals surface area contributed by atoms with Crippen LogP contribution in [-0.4, -0.2) is 24.1 Å². The predicted octanol–water partition coefficient (Wildman–Crippen LogP) is 1.94. The fourth-order valence-electron chi connectivity index (χ4n) is 1.28. The van der Waals surface area contributed by atoms with E-state index in [2.05, 4.69) is 35.8 Å². The molecule has 0 fully saturated rings. The standard InChI is InChI=1S/C12H20N2O2/c1-8(2)9(3)13-6-10-5-11(14-7-10)12(15)16-4/h5,7-9,13-14H,6H2,1-4H3. The van der Waals surface area contributed by atoms with E-state index in [9.17, 15) is 4.79 Å². The molecule has 0 radical (unpaired) electrons. The SMILES string of the molecule is COC(=O)c1cc(CNC(C)C(C)C)c[nH]1. The Morgan fingerprint density at radius 3 is 2.75 bits per heavy atom. The first-order valence-electron chi connectivity index (χ1n) is 5.53. The van der Waals surface area contributed by atoms with E-state index in [1.807, 2.05) is 12.3 Å². The van der Waals surface area contributed by atoms with Gasteiger partial charge in [-0.05, 0) is 24.5 Å². The van der Waals surface area contributed by atoms with Gasteiger partial charge in [0.2, 0.25) is 0 Å². The van der Waals surface area contributed by atoms with E-state index >= 15 is 0 Å². The number of carbonyl (C=O) groups is 1. The molecule has 0 saturated carbocycles. The lowest BCUT2D eigenvalue weighted by molar-refractivity contribution is 0.0595. The van der Waals surface area contributed by atoms with Gasteiger partial charge < -0.3 is 15.0 Å². The third-order valence-electron chi connectivity index (χ3n) is 2.78. The Bertz CT molecular complexity index is 345. The maximum atomic E-state index is 11.2. The van der Waals surface area contributed by atoms with Crippen molar-refractivity contribution in [2.75, 3.05) is 7.11 Å². The summed E-state index contributed by atoms with van der Waals surface area (Å²) in [5.74, 6) is 0.266. The fraction of sp³-hybridized carbons (Fsp3) is 0.583. The van der Waals surface area contributed by atoms with Crippen molar-refractivity contribution in [2.24, 2.45) is 5.92 Å². The van der Waals surface area contributed by atoms with Crippen LogP contribution in [0.25, 0.3) is 0 Å². The molecule has 0 aromatic carbocycles. The van der Waals surface area contributed by atoms with E-state index < -0.39 is 0 Å². The Hall–Kier alpha value is -1.29. The van der Waals surface area contributed by atoms with Crippen LogP contribution in [0.15, 0.2) is 12.3 Å². The molecule has 16 heavy (non-hydrogen) atoms. The topological polar surface area (TPSA) is 54.1 Å². The summed E-state index contributed by atoms with van der Waals surface area (Å²) in [7, 11) is 1.38. The van der Waals surface area contributed by atoms with E-state index in [4.69, 9.17) is 0 Å².